The van der Waals surface area contributed by atoms with E-state index < -0.39 is 31.0 Å². The van der Waals surface area contributed by atoms with Gasteiger partial charge >= 0.3 is 6.09 Å². The molecule has 0 saturated heterocycles. The van der Waals surface area contributed by atoms with Crippen LogP contribution in [0.1, 0.15) is 24.5 Å². The third-order valence-electron chi connectivity index (χ3n) is 2.47. The molecule has 0 unspecified atom stereocenters. The van der Waals surface area contributed by atoms with Crippen molar-refractivity contribution in [1.82, 2.24) is 15.4 Å². The molecular weight excluding hydrogens is 272 g/mol. The highest BCUT2D eigenvalue weighted by Crippen LogP contribution is 2.17. The lowest BCUT2D eigenvalue weighted by Crippen LogP contribution is -2.34. The van der Waals surface area contributed by atoms with Gasteiger partial charge in [0.25, 0.3) is 0 Å². The fraction of sp³-hybridized carbons (Fsp3) is 0.500. The van der Waals surface area contributed by atoms with Gasteiger partial charge in [0.2, 0.25) is 0 Å². The smallest absolute Gasteiger partial charge is 0.425 e. The van der Waals surface area contributed by atoms with E-state index in [1.165, 1.54) is 13.1 Å². The minimum atomic E-state index is -1.61. The van der Waals surface area contributed by atoms with Gasteiger partial charge in [-0.1, -0.05) is 0 Å². The van der Waals surface area contributed by atoms with E-state index in [9.17, 15) is 20.1 Å². The largest absolute Gasteiger partial charge is 0.464 e. The predicted octanol–water partition coefficient (Wildman–Crippen LogP) is -1.85. The van der Waals surface area contributed by atoms with E-state index in [0.717, 1.165) is 0 Å². The number of carbonyl (C=O) groups is 1. The second kappa shape index (κ2) is 6.96. The van der Waals surface area contributed by atoms with Crippen LogP contribution in [0, 0.1) is 0 Å². The van der Waals surface area contributed by atoms with Crippen LogP contribution in [0.2, 0.25) is 0 Å². The average Bonchev–Trinajstić information content (AvgIpc) is 2.91. The highest BCUT2D eigenvalue weighted by atomic mass is 16.4. The third kappa shape index (κ3) is 3.99. The number of nitrogens with one attached hydrogen (secondary N) is 2. The topological polar surface area (TPSA) is 171 Å². The van der Waals surface area contributed by atoms with E-state index in [4.69, 9.17) is 10.2 Å². The first-order valence-corrected chi connectivity index (χ1v) is 5.60. The molecule has 3 atom stereocenters. The quantitative estimate of drug-likeness (QED) is 0.238. The van der Waals surface area contributed by atoms with Gasteiger partial charge in [0.1, 0.15) is 24.0 Å². The number of hydrazone groups is 1. The maximum Gasteiger partial charge on any atom is 0.425 e. The van der Waals surface area contributed by atoms with Crippen molar-refractivity contribution in [3.63, 3.8) is 0 Å². The summed E-state index contributed by atoms with van der Waals surface area (Å²) in [5.74, 6) is 0.179. The lowest BCUT2D eigenvalue weighted by molar-refractivity contribution is -0.0788. The molecule has 10 nitrogen and oxygen atoms in total. The van der Waals surface area contributed by atoms with Crippen molar-refractivity contribution in [3.05, 3.63) is 17.7 Å². The second-order valence-electron chi connectivity index (χ2n) is 3.97. The first kappa shape index (κ1) is 16.0. The predicted molar refractivity (Wildman–Crippen MR) is 66.0 cm³/mol. The van der Waals surface area contributed by atoms with Gasteiger partial charge in [-0.15, -0.1) is 0 Å². The molecule has 1 rings (SSSR count). The lowest BCUT2D eigenvalue weighted by Gasteiger charge is -2.19. The fourth-order valence-electron chi connectivity index (χ4n) is 1.35. The summed E-state index contributed by atoms with van der Waals surface area (Å²) in [4.78, 5) is 16.8. The molecule has 0 fully saturated rings. The van der Waals surface area contributed by atoms with Crippen LogP contribution >= 0.6 is 0 Å². The van der Waals surface area contributed by atoms with Crippen LogP contribution in [0.15, 0.2) is 11.3 Å². The summed E-state index contributed by atoms with van der Waals surface area (Å²) in [6.07, 6.45) is -4.69. The van der Waals surface area contributed by atoms with E-state index >= 15 is 0 Å². The molecule has 10 heteroatoms. The Bertz CT molecular complexity index is 488. The summed E-state index contributed by atoms with van der Waals surface area (Å²) in [6.45, 7) is 0.766. The van der Waals surface area contributed by atoms with Gasteiger partial charge in [-0.2, -0.15) is 5.10 Å². The van der Waals surface area contributed by atoms with E-state index in [2.05, 4.69) is 15.1 Å². The van der Waals surface area contributed by atoms with Crippen LogP contribution in [0.4, 0.5) is 4.79 Å². The number of carboxylic acid groups (broad SMARTS) is 1. The van der Waals surface area contributed by atoms with Crippen LogP contribution in [0.25, 0.3) is 0 Å². The monoisotopic (exact) mass is 288 g/mol. The van der Waals surface area contributed by atoms with E-state index in [1.54, 1.807) is 5.43 Å². The van der Waals surface area contributed by atoms with Gasteiger partial charge < -0.3 is 30.5 Å². The van der Waals surface area contributed by atoms with Gasteiger partial charge in [-0.05, 0) is 6.92 Å². The number of aliphatic hydroxyl groups excluding tert-OH is 4. The zero-order chi connectivity index (χ0) is 15.3. The number of aliphatic hydroxyl groups is 4. The molecule has 0 aliphatic carbocycles. The Morgan fingerprint density at radius 1 is 1.50 bits per heavy atom. The van der Waals surface area contributed by atoms with Gasteiger partial charge in [0.05, 0.1) is 12.3 Å². The van der Waals surface area contributed by atoms with Crippen molar-refractivity contribution < 1.29 is 30.3 Å². The Morgan fingerprint density at radius 3 is 2.70 bits per heavy atom. The maximum absolute atomic E-state index is 10.3. The molecule has 0 aliphatic rings. The van der Waals surface area contributed by atoms with Crippen molar-refractivity contribution >= 4 is 11.8 Å². The minimum absolute atomic E-state index is 0.0184. The van der Waals surface area contributed by atoms with Crippen LogP contribution < -0.4 is 5.43 Å². The summed E-state index contributed by atoms with van der Waals surface area (Å²) >= 11 is 0. The van der Waals surface area contributed by atoms with E-state index in [0.29, 0.717) is 0 Å². The van der Waals surface area contributed by atoms with Crippen LogP contribution in [0.5, 0.6) is 0 Å². The Morgan fingerprint density at radius 2 is 2.15 bits per heavy atom. The summed E-state index contributed by atoms with van der Waals surface area (Å²) < 4.78 is 0. The number of imidazole rings is 1. The molecule has 112 valence electrons. The summed E-state index contributed by atoms with van der Waals surface area (Å²) in [5, 5.41) is 49.1. The summed E-state index contributed by atoms with van der Waals surface area (Å²) in [7, 11) is 0. The fourth-order valence-corrected chi connectivity index (χ4v) is 1.35. The van der Waals surface area contributed by atoms with Crippen LogP contribution in [-0.4, -0.2) is 66.1 Å². The molecule has 0 radical (unpaired) electrons. The lowest BCUT2D eigenvalue weighted by atomic mass is 10.1. The minimum Gasteiger partial charge on any atom is -0.464 e. The van der Waals surface area contributed by atoms with Crippen molar-refractivity contribution in [2.75, 3.05) is 6.61 Å². The SMILES string of the molecule is CC(=NNC(=O)O)c1nc([C@@H](O)[C@H](O)[C@H](O)CO)c[nH]1. The molecule has 0 spiro atoms. The molecule has 0 aromatic carbocycles. The zero-order valence-electron chi connectivity index (χ0n) is 10.6. The Kier molecular flexibility index (Phi) is 5.58. The number of aromatic amines is 1. The summed E-state index contributed by atoms with van der Waals surface area (Å²) in [6, 6.07) is 0. The Labute approximate surface area is 113 Å². The number of aromatic nitrogens is 2. The normalized spacial score (nSPS) is 16.6. The highest BCUT2D eigenvalue weighted by molar-refractivity contribution is 5.95. The van der Waals surface area contributed by atoms with Gasteiger partial charge in [0.15, 0.2) is 5.82 Å². The summed E-state index contributed by atoms with van der Waals surface area (Å²) in [5.41, 5.74) is 2.02. The van der Waals surface area contributed by atoms with Crippen LogP contribution in [0.3, 0.4) is 0 Å². The number of nitrogens with zero attached hydrogens (tertiary/aromatic N) is 2. The number of hydrogen-bond donors (Lipinski definition) is 7. The molecule has 0 saturated carbocycles. The first-order valence-electron chi connectivity index (χ1n) is 5.60. The van der Waals surface area contributed by atoms with Crippen molar-refractivity contribution in [1.29, 1.82) is 0 Å². The molecule has 20 heavy (non-hydrogen) atoms. The van der Waals surface area contributed by atoms with Crippen molar-refractivity contribution in [3.8, 4) is 0 Å². The zero-order valence-corrected chi connectivity index (χ0v) is 10.6. The molecule has 0 aliphatic heterocycles. The van der Waals surface area contributed by atoms with Crippen LogP contribution in [-0.2, 0) is 0 Å². The van der Waals surface area contributed by atoms with E-state index in [-0.39, 0.29) is 17.2 Å². The highest BCUT2D eigenvalue weighted by Gasteiger charge is 2.27. The Hall–Kier alpha value is -2.01. The molecule has 0 bridgehead atoms. The molecule has 1 aromatic heterocycles. The average molecular weight is 288 g/mol. The molecular formula is C10H16N4O6. The number of rotatable bonds is 6. The Balaban J connectivity index is 2.81. The van der Waals surface area contributed by atoms with Gasteiger partial charge in [-0.3, -0.25) is 0 Å². The number of hydrogen-bond acceptors (Lipinski definition) is 7. The standard InChI is InChI=1S/C10H16N4O6/c1-4(13-14-10(19)20)9-11-2-5(12-9)7(17)8(18)6(16)3-15/h2,6-8,14-18H,3H2,1H3,(H,11,12)(H,19,20)/t6-,7-,8-/m1/s1. The molecule has 1 heterocycles. The number of amides is 1. The molecule has 1 aromatic rings. The number of H-pyrrole nitrogens is 1. The first-order chi connectivity index (χ1) is 9.36. The van der Waals surface area contributed by atoms with Crippen molar-refractivity contribution in [2.24, 2.45) is 5.10 Å². The maximum atomic E-state index is 10.3. The molecule has 7 N–H and O–H groups in total. The van der Waals surface area contributed by atoms with Crippen molar-refractivity contribution in [2.45, 2.75) is 25.2 Å². The third-order valence-corrected chi connectivity index (χ3v) is 2.47. The molecule has 1 amide bonds. The van der Waals surface area contributed by atoms with E-state index in [1.807, 2.05) is 0 Å². The second-order valence-corrected chi connectivity index (χ2v) is 3.97. The van der Waals surface area contributed by atoms with Gasteiger partial charge in [-0.25, -0.2) is 15.2 Å². The van der Waals surface area contributed by atoms with Gasteiger partial charge in [0, 0.05) is 6.20 Å².